The van der Waals surface area contributed by atoms with Gasteiger partial charge in [-0.2, -0.15) is 0 Å². The molecule has 4 heterocycles. The molecule has 0 radical (unpaired) electrons. The Hall–Kier alpha value is -0.940. The first-order valence-electron chi connectivity index (χ1n) is 23.9. The van der Waals surface area contributed by atoms with E-state index in [1.807, 2.05) is 6.92 Å². The van der Waals surface area contributed by atoms with Gasteiger partial charge in [0, 0.05) is 22.2 Å². The molecule has 0 aromatic carbocycles. The van der Waals surface area contributed by atoms with Crippen molar-refractivity contribution < 1.29 is 84.2 Å². The highest BCUT2D eigenvalue weighted by Crippen LogP contribution is 2.79. The van der Waals surface area contributed by atoms with Crippen molar-refractivity contribution in [1.82, 2.24) is 0 Å². The molecule has 4 saturated carbocycles. The fourth-order valence-corrected chi connectivity index (χ4v) is 15.5. The number of ether oxygens (including phenoxy) is 7. The lowest BCUT2D eigenvalue weighted by atomic mass is 9.32. The zero-order valence-electron chi connectivity index (χ0n) is 38.4. The van der Waals surface area contributed by atoms with Crippen LogP contribution in [-0.4, -0.2) is 181 Å². The average Bonchev–Trinajstić information content (AvgIpc) is 3.53. The van der Waals surface area contributed by atoms with Crippen molar-refractivity contribution in [3.05, 3.63) is 12.2 Å². The van der Waals surface area contributed by atoms with Crippen LogP contribution in [0.2, 0.25) is 0 Å². The Balaban J connectivity index is 0.918. The van der Waals surface area contributed by atoms with Gasteiger partial charge in [-0.05, 0) is 86.4 Å². The minimum Gasteiger partial charge on any atom is -0.396 e. The van der Waals surface area contributed by atoms with Gasteiger partial charge in [0.15, 0.2) is 18.9 Å². The number of allylic oxidation sites excluding steroid dienone is 1. The predicted octanol–water partition coefficient (Wildman–Crippen LogP) is 0.240. The largest absolute Gasteiger partial charge is 0.396 e. The van der Waals surface area contributed by atoms with E-state index in [4.69, 9.17) is 33.2 Å². The van der Waals surface area contributed by atoms with Crippen molar-refractivity contribution >= 4 is 0 Å². The monoisotopic (exact) mass is 913 g/mol. The zero-order valence-corrected chi connectivity index (χ0v) is 38.4. The topological polar surface area (TPSA) is 267 Å². The summed E-state index contributed by atoms with van der Waals surface area (Å²) in [6, 6.07) is 0. The van der Waals surface area contributed by atoms with Crippen LogP contribution in [0.4, 0.5) is 0 Å². The quantitative estimate of drug-likeness (QED) is 0.116. The number of rotatable bonds is 8. The molecule has 0 aromatic heterocycles. The van der Waals surface area contributed by atoms with Crippen LogP contribution in [0.15, 0.2) is 12.2 Å². The van der Waals surface area contributed by atoms with Crippen LogP contribution in [0.25, 0.3) is 0 Å². The van der Waals surface area contributed by atoms with E-state index in [1.54, 1.807) is 6.92 Å². The first kappa shape index (κ1) is 48.1. The minimum absolute atomic E-state index is 0.00283. The average molecular weight is 913 g/mol. The molecule has 5 aliphatic carbocycles. The van der Waals surface area contributed by atoms with Gasteiger partial charge >= 0.3 is 0 Å². The summed E-state index contributed by atoms with van der Waals surface area (Å²) < 4.78 is 42.7. The molecule has 0 aromatic rings. The summed E-state index contributed by atoms with van der Waals surface area (Å²) in [6.07, 6.45) is -10.8. The van der Waals surface area contributed by atoms with Crippen molar-refractivity contribution in [1.29, 1.82) is 0 Å². The van der Waals surface area contributed by atoms with Crippen molar-refractivity contribution in [3.8, 4) is 0 Å². The van der Waals surface area contributed by atoms with E-state index in [-0.39, 0.29) is 58.0 Å². The van der Waals surface area contributed by atoms with Gasteiger partial charge in [0.05, 0.1) is 50.3 Å². The van der Waals surface area contributed by atoms with Crippen molar-refractivity contribution in [2.45, 2.75) is 204 Å². The standard InChI is InChI=1S/C47H76O17/c1-22-30(52)37(64-39-34(56)32(54)36(24(18-48)61-39)63-38-33(55)31(53)23(50)19-58-38)35(57)40(60-22)62-29-10-11-42(4)25(43(29,5)20-49)8-12-44(6)26(42)9-13-47-27-16-41(2,3)14-15-46(27,21-59-47)28(51)17-45(44,47)7/h9,13,22-40,48-57H,8,10-12,14-21H2,1-7H3/t22-,23-,24-,25-,26-,27+,28+,29+,30+,31+,32-,33-,34-,35-,36-,37+,38+,39+,40+,42+,43+,44-,45+,46-,47+/m1/s1. The molecule has 17 heteroatoms. The van der Waals surface area contributed by atoms with Crippen molar-refractivity contribution in [2.24, 2.45) is 50.2 Å². The molecule has 1 spiro atoms. The van der Waals surface area contributed by atoms with Gasteiger partial charge in [-0.3, -0.25) is 0 Å². The summed E-state index contributed by atoms with van der Waals surface area (Å²) in [7, 11) is 0. The van der Waals surface area contributed by atoms with Crippen molar-refractivity contribution in [3.63, 3.8) is 0 Å². The van der Waals surface area contributed by atoms with E-state index < -0.39 is 116 Å². The molecule has 4 saturated heterocycles. The van der Waals surface area contributed by atoms with E-state index in [9.17, 15) is 51.1 Å². The lowest BCUT2D eigenvalue weighted by molar-refractivity contribution is -0.379. The SMILES string of the molecule is C[C@H]1O[C@@H](O[C@H]2CC[C@@]3(C)[C@@H](CC[C@]4(C)[C@@H]3C=C[C@]35OC[C@@]6(CCC(C)(C)C[C@@H]63)[C@@H](O)C[C@]54C)[C@]2(C)CO)[C@H](O)[C@@H](O[C@@H]2O[C@H](CO)[C@@H](O[C@@H]3OC[C@@H](O)[C@H](O)[C@H]3O)[C@H](O)[C@H]2O)[C@H]1O. The molecule has 25 atom stereocenters. The minimum atomic E-state index is -1.85. The molecule has 2 bridgehead atoms. The van der Waals surface area contributed by atoms with Crippen LogP contribution >= 0.6 is 0 Å². The number of fused-ring (bicyclic) bond motifs is 4. The molecular weight excluding hydrogens is 837 g/mol. The lowest BCUT2D eigenvalue weighted by Gasteiger charge is -2.73. The van der Waals surface area contributed by atoms with Crippen LogP contribution in [0.5, 0.6) is 0 Å². The molecule has 366 valence electrons. The molecule has 10 N–H and O–H groups in total. The first-order chi connectivity index (χ1) is 30.0. The summed E-state index contributed by atoms with van der Waals surface area (Å²) in [5, 5.41) is 110. The van der Waals surface area contributed by atoms with Gasteiger partial charge in [0.2, 0.25) is 0 Å². The maximum Gasteiger partial charge on any atom is 0.187 e. The summed E-state index contributed by atoms with van der Waals surface area (Å²) in [5.41, 5.74) is -2.14. The molecule has 9 aliphatic rings. The smallest absolute Gasteiger partial charge is 0.187 e. The molecule has 0 unspecified atom stereocenters. The van der Waals surface area contributed by atoms with Gasteiger partial charge in [-0.15, -0.1) is 0 Å². The maximum atomic E-state index is 12.2. The second-order valence-electron chi connectivity index (χ2n) is 23.3. The Kier molecular flexibility index (Phi) is 12.3. The Labute approximate surface area is 376 Å². The summed E-state index contributed by atoms with van der Waals surface area (Å²) >= 11 is 0. The van der Waals surface area contributed by atoms with Gasteiger partial charge in [-0.25, -0.2) is 0 Å². The normalized spacial score (nSPS) is 59.0. The number of hydrogen-bond donors (Lipinski definition) is 10. The Morgan fingerprint density at radius 3 is 2.06 bits per heavy atom. The number of aliphatic hydroxyl groups is 10. The summed E-state index contributed by atoms with van der Waals surface area (Å²) in [4.78, 5) is 0. The second-order valence-corrected chi connectivity index (χ2v) is 23.3. The highest BCUT2D eigenvalue weighted by atomic mass is 16.8. The fourth-order valence-electron chi connectivity index (χ4n) is 15.5. The number of hydrogen-bond acceptors (Lipinski definition) is 17. The van der Waals surface area contributed by atoms with Crippen LogP contribution in [0.3, 0.4) is 0 Å². The third-order valence-corrected chi connectivity index (χ3v) is 19.6. The van der Waals surface area contributed by atoms with Crippen LogP contribution in [-0.2, 0) is 33.2 Å². The van der Waals surface area contributed by atoms with E-state index in [0.29, 0.717) is 19.4 Å². The van der Waals surface area contributed by atoms with Gasteiger partial charge < -0.3 is 84.2 Å². The Morgan fingerprint density at radius 2 is 1.36 bits per heavy atom. The highest BCUT2D eigenvalue weighted by Gasteiger charge is 2.79. The van der Waals surface area contributed by atoms with E-state index in [0.717, 1.165) is 38.5 Å². The lowest BCUT2D eigenvalue weighted by Crippen LogP contribution is -2.72. The fraction of sp³-hybridized carbons (Fsp3) is 0.957. The highest BCUT2D eigenvalue weighted by molar-refractivity contribution is 5.36. The van der Waals surface area contributed by atoms with Gasteiger partial charge in [0.25, 0.3) is 0 Å². The first-order valence-corrected chi connectivity index (χ1v) is 23.9. The third-order valence-electron chi connectivity index (χ3n) is 19.6. The molecule has 9 rings (SSSR count). The Morgan fingerprint density at radius 1 is 0.672 bits per heavy atom. The second kappa shape index (κ2) is 16.3. The molecule has 8 fully saturated rings. The molecule has 0 amide bonds. The van der Waals surface area contributed by atoms with Gasteiger partial charge in [0.1, 0.15) is 61.0 Å². The number of aliphatic hydroxyl groups excluding tert-OH is 10. The predicted molar refractivity (Wildman–Crippen MR) is 223 cm³/mol. The molecular formula is C47H76O17. The maximum absolute atomic E-state index is 12.2. The van der Waals surface area contributed by atoms with E-state index in [1.165, 1.54) is 0 Å². The van der Waals surface area contributed by atoms with Crippen molar-refractivity contribution in [2.75, 3.05) is 26.4 Å². The molecule has 17 nitrogen and oxygen atoms in total. The van der Waals surface area contributed by atoms with E-state index in [2.05, 4.69) is 46.8 Å². The summed E-state index contributed by atoms with van der Waals surface area (Å²) in [5.74, 6) is 0.344. The molecule has 4 aliphatic heterocycles. The summed E-state index contributed by atoms with van der Waals surface area (Å²) in [6.45, 7) is 14.7. The third kappa shape index (κ3) is 6.72. The van der Waals surface area contributed by atoms with Crippen LogP contribution in [0, 0.1) is 50.2 Å². The zero-order chi connectivity index (χ0) is 46.3. The molecule has 64 heavy (non-hydrogen) atoms. The van der Waals surface area contributed by atoms with Gasteiger partial charge in [-0.1, -0.05) is 53.7 Å². The van der Waals surface area contributed by atoms with Crippen LogP contribution < -0.4 is 0 Å². The van der Waals surface area contributed by atoms with E-state index >= 15 is 0 Å². The van der Waals surface area contributed by atoms with Crippen LogP contribution in [0.1, 0.15) is 99.8 Å². The Bertz CT molecular complexity index is 1750.